The largest absolute Gasteiger partial charge is 0.121 e. The van der Waals surface area contributed by atoms with Gasteiger partial charge >= 0.3 is 0 Å². The summed E-state index contributed by atoms with van der Waals surface area (Å²) < 4.78 is 1.06. The van der Waals surface area contributed by atoms with E-state index in [1.807, 2.05) is 12.1 Å². The Hall–Kier alpha value is 0.280. The van der Waals surface area contributed by atoms with E-state index < -0.39 is 0 Å². The van der Waals surface area contributed by atoms with Crippen molar-refractivity contribution in [1.29, 1.82) is 0 Å². The summed E-state index contributed by atoms with van der Waals surface area (Å²) in [6.45, 7) is 4.23. The van der Waals surface area contributed by atoms with Crippen molar-refractivity contribution in [2.24, 2.45) is 0 Å². The Kier molecular flexibility index (Phi) is 4.08. The molecule has 0 atom stereocenters. The highest BCUT2D eigenvalue weighted by atomic mass is 79.9. The molecule has 0 spiro atoms. The van der Waals surface area contributed by atoms with Gasteiger partial charge in [0.25, 0.3) is 0 Å². The van der Waals surface area contributed by atoms with Crippen molar-refractivity contribution in [2.75, 3.05) is 0 Å². The predicted octanol–water partition coefficient (Wildman–Crippen LogP) is 4.96. The third-order valence-electron chi connectivity index (χ3n) is 1.93. The molecule has 13 heavy (non-hydrogen) atoms. The van der Waals surface area contributed by atoms with Gasteiger partial charge in [-0.15, -0.1) is 11.6 Å². The highest BCUT2D eigenvalue weighted by Crippen LogP contribution is 2.34. The minimum atomic E-state index is 0.407. The summed E-state index contributed by atoms with van der Waals surface area (Å²) in [6.07, 6.45) is 0. The van der Waals surface area contributed by atoms with E-state index in [1.165, 1.54) is 0 Å². The van der Waals surface area contributed by atoms with E-state index in [2.05, 4.69) is 29.8 Å². The first-order valence-corrected chi connectivity index (χ1v) is 5.81. The van der Waals surface area contributed by atoms with Gasteiger partial charge in [0.05, 0.1) is 0 Å². The van der Waals surface area contributed by atoms with Crippen molar-refractivity contribution < 1.29 is 0 Å². The molecule has 0 aromatic heterocycles. The summed E-state index contributed by atoms with van der Waals surface area (Å²) in [6, 6.07) is 3.95. The Bertz CT molecular complexity index is 308. The van der Waals surface area contributed by atoms with Crippen LogP contribution in [0.25, 0.3) is 0 Å². The van der Waals surface area contributed by atoms with Gasteiger partial charge in [-0.05, 0) is 23.1 Å². The lowest BCUT2D eigenvalue weighted by molar-refractivity contribution is 0.859. The Morgan fingerprint density at radius 3 is 2.46 bits per heavy atom. The van der Waals surface area contributed by atoms with E-state index >= 15 is 0 Å². The van der Waals surface area contributed by atoms with Crippen LogP contribution in [0.5, 0.6) is 0 Å². The maximum Gasteiger partial charge on any atom is 0.0495 e. The van der Waals surface area contributed by atoms with Crippen LogP contribution in [0.3, 0.4) is 0 Å². The summed E-state index contributed by atoms with van der Waals surface area (Å²) in [5.41, 5.74) is 2.13. The number of hydrogen-bond acceptors (Lipinski definition) is 0. The van der Waals surface area contributed by atoms with Crippen LogP contribution in [-0.4, -0.2) is 0 Å². The molecule has 1 aromatic carbocycles. The normalized spacial score (nSPS) is 10.9. The SMILES string of the molecule is CC(C)c1c(Br)ccc(CCl)c1Cl. The zero-order valence-electron chi connectivity index (χ0n) is 7.57. The van der Waals surface area contributed by atoms with Gasteiger partial charge in [0, 0.05) is 15.4 Å². The summed E-state index contributed by atoms with van der Waals surface area (Å²) in [7, 11) is 0. The molecule has 72 valence electrons. The van der Waals surface area contributed by atoms with E-state index in [4.69, 9.17) is 23.2 Å². The highest BCUT2D eigenvalue weighted by molar-refractivity contribution is 9.10. The van der Waals surface area contributed by atoms with Crippen molar-refractivity contribution in [3.63, 3.8) is 0 Å². The fourth-order valence-electron chi connectivity index (χ4n) is 1.25. The quantitative estimate of drug-likeness (QED) is 0.672. The maximum absolute atomic E-state index is 6.19. The number of rotatable bonds is 2. The van der Waals surface area contributed by atoms with Crippen LogP contribution < -0.4 is 0 Å². The Labute approximate surface area is 97.4 Å². The highest BCUT2D eigenvalue weighted by Gasteiger charge is 2.12. The number of benzene rings is 1. The van der Waals surface area contributed by atoms with Crippen LogP contribution in [0, 0.1) is 0 Å². The average molecular weight is 282 g/mol. The molecular weight excluding hydrogens is 271 g/mol. The number of hydrogen-bond donors (Lipinski definition) is 0. The second-order valence-electron chi connectivity index (χ2n) is 3.22. The zero-order valence-corrected chi connectivity index (χ0v) is 10.7. The molecule has 0 saturated carbocycles. The molecule has 0 radical (unpaired) electrons. The maximum atomic E-state index is 6.19. The van der Waals surface area contributed by atoms with E-state index in [9.17, 15) is 0 Å². The van der Waals surface area contributed by atoms with E-state index in [0.717, 1.165) is 20.6 Å². The third kappa shape index (κ3) is 2.39. The molecule has 0 N–H and O–H groups in total. The summed E-state index contributed by atoms with van der Waals surface area (Å²) >= 11 is 15.4. The molecule has 0 unspecified atom stereocenters. The molecule has 0 aliphatic rings. The lowest BCUT2D eigenvalue weighted by Crippen LogP contribution is -1.94. The zero-order chi connectivity index (χ0) is 10.0. The average Bonchev–Trinajstić information content (AvgIpc) is 2.04. The topological polar surface area (TPSA) is 0 Å². The van der Waals surface area contributed by atoms with Crippen molar-refractivity contribution in [2.45, 2.75) is 25.6 Å². The first-order valence-electron chi connectivity index (χ1n) is 4.10. The Morgan fingerprint density at radius 2 is 2.00 bits per heavy atom. The van der Waals surface area contributed by atoms with Gasteiger partial charge in [0.2, 0.25) is 0 Å². The van der Waals surface area contributed by atoms with Crippen LogP contribution >= 0.6 is 39.1 Å². The van der Waals surface area contributed by atoms with Gasteiger partial charge in [-0.25, -0.2) is 0 Å². The molecule has 0 aliphatic heterocycles. The van der Waals surface area contributed by atoms with Crippen molar-refractivity contribution >= 4 is 39.1 Å². The lowest BCUT2D eigenvalue weighted by atomic mass is 10.0. The predicted molar refractivity (Wildman–Crippen MR) is 62.8 cm³/mol. The Morgan fingerprint density at radius 1 is 1.38 bits per heavy atom. The number of halogens is 3. The molecule has 0 heterocycles. The summed E-state index contributed by atoms with van der Waals surface area (Å²) in [5, 5.41) is 0.791. The standard InChI is InChI=1S/C10H11BrCl2/c1-6(2)9-8(11)4-3-7(5-12)10(9)13/h3-4,6H,5H2,1-2H3. The van der Waals surface area contributed by atoms with Gasteiger partial charge in [0.15, 0.2) is 0 Å². The minimum Gasteiger partial charge on any atom is -0.121 e. The molecule has 3 heteroatoms. The van der Waals surface area contributed by atoms with Gasteiger partial charge in [-0.1, -0.05) is 47.4 Å². The van der Waals surface area contributed by atoms with Gasteiger partial charge in [-0.2, -0.15) is 0 Å². The smallest absolute Gasteiger partial charge is 0.0495 e. The van der Waals surface area contributed by atoms with Gasteiger partial charge in [-0.3, -0.25) is 0 Å². The first kappa shape index (κ1) is 11.4. The molecule has 0 nitrogen and oxygen atoms in total. The molecule has 0 bridgehead atoms. The summed E-state index contributed by atoms with van der Waals surface area (Å²) in [5.74, 6) is 0.872. The van der Waals surface area contributed by atoms with Crippen LogP contribution in [-0.2, 0) is 5.88 Å². The van der Waals surface area contributed by atoms with Crippen LogP contribution in [0.2, 0.25) is 5.02 Å². The fraction of sp³-hybridized carbons (Fsp3) is 0.400. The molecular formula is C10H11BrCl2. The van der Waals surface area contributed by atoms with E-state index in [1.54, 1.807) is 0 Å². The third-order valence-corrected chi connectivity index (χ3v) is 3.35. The second-order valence-corrected chi connectivity index (χ2v) is 4.72. The molecule has 1 aromatic rings. The van der Waals surface area contributed by atoms with E-state index in [0.29, 0.717) is 11.8 Å². The van der Waals surface area contributed by atoms with Crippen LogP contribution in [0.4, 0.5) is 0 Å². The van der Waals surface area contributed by atoms with Crippen LogP contribution in [0.1, 0.15) is 30.9 Å². The van der Waals surface area contributed by atoms with Gasteiger partial charge < -0.3 is 0 Å². The lowest BCUT2D eigenvalue weighted by Gasteiger charge is -2.13. The van der Waals surface area contributed by atoms with Crippen LogP contribution in [0.15, 0.2) is 16.6 Å². The fourth-order valence-corrected chi connectivity index (χ4v) is 2.89. The van der Waals surface area contributed by atoms with Crippen molar-refractivity contribution in [3.05, 3.63) is 32.8 Å². The Balaban J connectivity index is 3.30. The molecule has 1 rings (SSSR count). The molecule has 0 fully saturated rings. The molecule has 0 saturated heterocycles. The van der Waals surface area contributed by atoms with Crippen molar-refractivity contribution in [1.82, 2.24) is 0 Å². The second kappa shape index (κ2) is 4.68. The monoisotopic (exact) mass is 280 g/mol. The van der Waals surface area contributed by atoms with Gasteiger partial charge in [0.1, 0.15) is 0 Å². The molecule has 0 aliphatic carbocycles. The number of alkyl halides is 1. The molecule has 0 amide bonds. The summed E-state index contributed by atoms with van der Waals surface area (Å²) in [4.78, 5) is 0. The first-order chi connectivity index (χ1) is 6.07. The van der Waals surface area contributed by atoms with E-state index in [-0.39, 0.29) is 0 Å². The minimum absolute atomic E-state index is 0.407. The van der Waals surface area contributed by atoms with Crippen molar-refractivity contribution in [3.8, 4) is 0 Å².